The van der Waals surface area contributed by atoms with Crippen LogP contribution in [0.2, 0.25) is 0 Å². The van der Waals surface area contributed by atoms with E-state index >= 15 is 0 Å². The lowest BCUT2D eigenvalue weighted by atomic mass is 9.65. The van der Waals surface area contributed by atoms with Crippen LogP contribution < -0.4 is 4.90 Å². The minimum absolute atomic E-state index is 0.142. The van der Waals surface area contributed by atoms with E-state index < -0.39 is 5.91 Å². The van der Waals surface area contributed by atoms with Crippen molar-refractivity contribution in [2.75, 3.05) is 18.0 Å². The van der Waals surface area contributed by atoms with Crippen molar-refractivity contribution in [3.8, 4) is 0 Å². The number of amides is 2. The normalized spacial score (nSPS) is 27.2. The number of carbonyl (C=O) groups is 2. The number of fused-ring (bicyclic) bond motifs is 2. The second-order valence-electron chi connectivity index (χ2n) is 9.04. The van der Waals surface area contributed by atoms with Crippen LogP contribution >= 0.6 is 0 Å². The van der Waals surface area contributed by atoms with Gasteiger partial charge in [-0.2, -0.15) is 0 Å². The van der Waals surface area contributed by atoms with Gasteiger partial charge in [-0.15, -0.1) is 0 Å². The van der Waals surface area contributed by atoms with E-state index in [4.69, 9.17) is 0 Å². The van der Waals surface area contributed by atoms with Crippen LogP contribution in [0.4, 0.5) is 5.69 Å². The molecule has 4 heteroatoms. The molecule has 2 bridgehead atoms. The van der Waals surface area contributed by atoms with Crippen LogP contribution in [0.3, 0.4) is 0 Å². The molecule has 3 rings (SSSR count). The van der Waals surface area contributed by atoms with Gasteiger partial charge >= 0.3 is 11.8 Å². The third-order valence-electron chi connectivity index (χ3n) is 5.73. The van der Waals surface area contributed by atoms with Crippen LogP contribution in [0, 0.1) is 17.8 Å². The quantitative estimate of drug-likeness (QED) is 0.768. The van der Waals surface area contributed by atoms with Gasteiger partial charge in [0.15, 0.2) is 0 Å². The molecule has 1 saturated carbocycles. The zero-order valence-electron chi connectivity index (χ0n) is 16.1. The molecule has 1 saturated heterocycles. The molecule has 25 heavy (non-hydrogen) atoms. The Labute approximate surface area is 151 Å². The number of likely N-dealkylation sites (tertiary alicyclic amines) is 1. The molecule has 0 N–H and O–H groups in total. The molecule has 1 aromatic carbocycles. The van der Waals surface area contributed by atoms with Crippen molar-refractivity contribution in [1.82, 2.24) is 4.90 Å². The number of benzene rings is 1. The summed E-state index contributed by atoms with van der Waals surface area (Å²) in [6.07, 6.45) is 3.12. The Morgan fingerprint density at radius 1 is 1.24 bits per heavy atom. The zero-order valence-corrected chi connectivity index (χ0v) is 16.1. The first-order chi connectivity index (χ1) is 11.6. The Morgan fingerprint density at radius 3 is 2.60 bits per heavy atom. The molecule has 0 spiro atoms. The first-order valence-corrected chi connectivity index (χ1v) is 9.33. The van der Waals surface area contributed by atoms with Crippen molar-refractivity contribution in [2.45, 2.75) is 59.9 Å². The summed E-state index contributed by atoms with van der Waals surface area (Å²) in [5.74, 6) is -0.739. The highest BCUT2D eigenvalue weighted by molar-refractivity contribution is 6.40. The van der Waals surface area contributed by atoms with E-state index in [0.29, 0.717) is 13.1 Å². The summed E-state index contributed by atoms with van der Waals surface area (Å²) in [7, 11) is 0. The molecule has 4 nitrogen and oxygen atoms in total. The number of hydrogen-bond acceptors (Lipinski definition) is 2. The third kappa shape index (κ3) is 3.44. The van der Waals surface area contributed by atoms with Gasteiger partial charge in [0.05, 0.1) is 0 Å². The summed E-state index contributed by atoms with van der Waals surface area (Å²) < 4.78 is 0. The highest BCUT2D eigenvalue weighted by Crippen LogP contribution is 2.52. The maximum atomic E-state index is 13.0. The molecule has 1 aliphatic heterocycles. The maximum Gasteiger partial charge on any atom is 0.316 e. The number of carbonyl (C=O) groups excluding carboxylic acids is 2. The molecule has 1 heterocycles. The topological polar surface area (TPSA) is 40.6 Å². The van der Waals surface area contributed by atoms with E-state index in [-0.39, 0.29) is 22.8 Å². The van der Waals surface area contributed by atoms with Gasteiger partial charge in [0.1, 0.15) is 0 Å². The number of likely N-dealkylation sites (N-methyl/N-ethyl adjacent to an activating group) is 1. The minimum Gasteiger partial charge on any atom is -0.331 e. The monoisotopic (exact) mass is 342 g/mol. The number of hydrogen-bond donors (Lipinski definition) is 0. The third-order valence-corrected chi connectivity index (χ3v) is 5.73. The molecule has 2 amide bonds. The number of aryl methyl sites for hydroxylation is 1. The molecule has 1 aromatic rings. The molecule has 136 valence electrons. The summed E-state index contributed by atoms with van der Waals surface area (Å²) in [5, 5.41) is 0. The van der Waals surface area contributed by atoms with Gasteiger partial charge in [0, 0.05) is 24.8 Å². The number of nitrogens with zero attached hydrogens (tertiary/aromatic N) is 2. The van der Waals surface area contributed by atoms with E-state index in [1.165, 1.54) is 0 Å². The zero-order chi connectivity index (χ0) is 18.4. The summed E-state index contributed by atoms with van der Waals surface area (Å²) in [6.45, 7) is 11.9. The van der Waals surface area contributed by atoms with Gasteiger partial charge in [0.25, 0.3) is 0 Å². The molecule has 0 aromatic heterocycles. The maximum absolute atomic E-state index is 13.0. The second-order valence-corrected chi connectivity index (χ2v) is 9.04. The van der Waals surface area contributed by atoms with E-state index in [9.17, 15) is 9.59 Å². The van der Waals surface area contributed by atoms with E-state index in [1.54, 1.807) is 4.90 Å². The van der Waals surface area contributed by atoms with Crippen LogP contribution in [-0.2, 0) is 9.59 Å². The summed E-state index contributed by atoms with van der Waals surface area (Å²) in [6, 6.07) is 7.98. The largest absolute Gasteiger partial charge is 0.331 e. The SMILES string of the molecule is CCN(C(=O)C(=O)N1CC2(C)CC1CC(C)(C)C2)c1cccc(C)c1. The first-order valence-electron chi connectivity index (χ1n) is 9.33. The predicted molar refractivity (Wildman–Crippen MR) is 100 cm³/mol. The van der Waals surface area contributed by atoms with Gasteiger partial charge in [-0.1, -0.05) is 32.9 Å². The lowest BCUT2D eigenvalue weighted by Gasteiger charge is -2.39. The Morgan fingerprint density at radius 2 is 1.96 bits per heavy atom. The average molecular weight is 342 g/mol. The van der Waals surface area contributed by atoms with Gasteiger partial charge < -0.3 is 9.80 Å². The molecular weight excluding hydrogens is 312 g/mol. The first kappa shape index (κ1) is 18.0. The summed E-state index contributed by atoms with van der Waals surface area (Å²) in [5.41, 5.74) is 2.26. The van der Waals surface area contributed by atoms with Crippen LogP contribution in [0.5, 0.6) is 0 Å². The molecule has 2 fully saturated rings. The van der Waals surface area contributed by atoms with Crippen LogP contribution in [0.25, 0.3) is 0 Å². The standard InChI is InChI=1S/C21H30N2O2/c1-6-22(16-9-7-8-15(2)10-16)18(24)19(25)23-14-21(5)12-17(23)11-20(3,4)13-21/h7-10,17H,6,11-14H2,1-5H3. The average Bonchev–Trinajstić information content (AvgIpc) is 2.76. The molecule has 2 atom stereocenters. The Kier molecular flexibility index (Phi) is 4.42. The Hall–Kier alpha value is -1.84. The van der Waals surface area contributed by atoms with Gasteiger partial charge in [-0.3, -0.25) is 9.59 Å². The van der Waals surface area contributed by atoms with E-state index in [0.717, 1.165) is 30.5 Å². The number of anilines is 1. The van der Waals surface area contributed by atoms with Gasteiger partial charge in [-0.25, -0.2) is 0 Å². The van der Waals surface area contributed by atoms with Gasteiger partial charge in [0.2, 0.25) is 0 Å². The smallest absolute Gasteiger partial charge is 0.316 e. The van der Waals surface area contributed by atoms with Crippen molar-refractivity contribution >= 4 is 17.5 Å². The second kappa shape index (κ2) is 6.15. The molecule has 2 unspecified atom stereocenters. The van der Waals surface area contributed by atoms with Crippen molar-refractivity contribution in [2.24, 2.45) is 10.8 Å². The molecule has 1 aliphatic carbocycles. The van der Waals surface area contributed by atoms with Crippen molar-refractivity contribution < 1.29 is 9.59 Å². The van der Waals surface area contributed by atoms with Crippen molar-refractivity contribution in [3.63, 3.8) is 0 Å². The lowest BCUT2D eigenvalue weighted by Crippen LogP contribution is -2.47. The highest BCUT2D eigenvalue weighted by atomic mass is 16.2. The van der Waals surface area contributed by atoms with Crippen LogP contribution in [0.1, 0.15) is 52.5 Å². The van der Waals surface area contributed by atoms with Crippen molar-refractivity contribution in [1.29, 1.82) is 0 Å². The van der Waals surface area contributed by atoms with Crippen LogP contribution in [0.15, 0.2) is 24.3 Å². The summed E-state index contributed by atoms with van der Waals surface area (Å²) in [4.78, 5) is 29.5. The van der Waals surface area contributed by atoms with Gasteiger partial charge in [-0.05, 0) is 61.6 Å². The minimum atomic E-state index is -0.401. The fourth-order valence-electron chi connectivity index (χ4n) is 5.17. The van der Waals surface area contributed by atoms with Crippen molar-refractivity contribution in [3.05, 3.63) is 29.8 Å². The number of rotatable bonds is 2. The Bertz CT molecular complexity index is 697. The lowest BCUT2D eigenvalue weighted by molar-refractivity contribution is -0.145. The van der Waals surface area contributed by atoms with E-state index in [2.05, 4.69) is 20.8 Å². The summed E-state index contributed by atoms with van der Waals surface area (Å²) >= 11 is 0. The molecular formula is C21H30N2O2. The fraction of sp³-hybridized carbons (Fsp3) is 0.619. The fourth-order valence-corrected chi connectivity index (χ4v) is 5.17. The van der Waals surface area contributed by atoms with Crippen LogP contribution in [-0.4, -0.2) is 35.8 Å². The Balaban J connectivity index is 1.82. The van der Waals surface area contributed by atoms with E-state index in [1.807, 2.05) is 43.0 Å². The predicted octanol–water partition coefficient (Wildman–Crippen LogP) is 3.78. The molecule has 2 aliphatic rings. The highest BCUT2D eigenvalue weighted by Gasteiger charge is 2.52. The molecule has 0 radical (unpaired) electrons.